The SMILES string of the molecule is CC(C)c1ccc(NC(=O)CCCC[C@@H]2SC[C@@H]3NC(=O)N[C@@H]32)cc1. The van der Waals surface area contributed by atoms with E-state index >= 15 is 0 Å². The van der Waals surface area contributed by atoms with Gasteiger partial charge in [-0.25, -0.2) is 4.79 Å². The van der Waals surface area contributed by atoms with Gasteiger partial charge in [0.25, 0.3) is 0 Å². The number of anilines is 1. The van der Waals surface area contributed by atoms with Crippen molar-refractivity contribution in [1.82, 2.24) is 10.6 Å². The number of carbonyl (C=O) groups is 2. The van der Waals surface area contributed by atoms with Crippen LogP contribution < -0.4 is 16.0 Å². The molecule has 0 unspecified atom stereocenters. The summed E-state index contributed by atoms with van der Waals surface area (Å²) in [7, 11) is 0. The lowest BCUT2D eigenvalue weighted by Crippen LogP contribution is -2.36. The van der Waals surface area contributed by atoms with Crippen molar-refractivity contribution in [3.63, 3.8) is 0 Å². The van der Waals surface area contributed by atoms with Gasteiger partial charge in [-0.1, -0.05) is 32.4 Å². The summed E-state index contributed by atoms with van der Waals surface area (Å²) < 4.78 is 0. The molecule has 0 saturated carbocycles. The lowest BCUT2D eigenvalue weighted by Gasteiger charge is -2.16. The predicted molar refractivity (Wildman–Crippen MR) is 103 cm³/mol. The van der Waals surface area contributed by atoms with Gasteiger partial charge < -0.3 is 16.0 Å². The topological polar surface area (TPSA) is 70.2 Å². The first-order valence-electron chi connectivity index (χ1n) is 9.11. The van der Waals surface area contributed by atoms with Crippen LogP contribution in [0.3, 0.4) is 0 Å². The molecule has 0 spiro atoms. The van der Waals surface area contributed by atoms with Crippen molar-refractivity contribution in [1.29, 1.82) is 0 Å². The summed E-state index contributed by atoms with van der Waals surface area (Å²) >= 11 is 1.92. The summed E-state index contributed by atoms with van der Waals surface area (Å²) in [6.07, 6.45) is 3.48. The van der Waals surface area contributed by atoms with E-state index in [4.69, 9.17) is 0 Å². The van der Waals surface area contributed by atoms with E-state index in [2.05, 4.69) is 41.9 Å². The Bertz CT molecular complexity index is 618. The number of fused-ring (bicyclic) bond motifs is 1. The fourth-order valence-electron chi connectivity index (χ4n) is 3.45. The van der Waals surface area contributed by atoms with Gasteiger partial charge >= 0.3 is 6.03 Å². The molecular weight excluding hydrogens is 334 g/mol. The zero-order valence-corrected chi connectivity index (χ0v) is 15.7. The minimum absolute atomic E-state index is 0.0387. The Balaban J connectivity index is 1.35. The van der Waals surface area contributed by atoms with Gasteiger partial charge in [0.05, 0.1) is 12.1 Å². The maximum Gasteiger partial charge on any atom is 0.315 e. The molecule has 2 heterocycles. The summed E-state index contributed by atoms with van der Waals surface area (Å²) in [6, 6.07) is 8.57. The van der Waals surface area contributed by atoms with Crippen molar-refractivity contribution in [3.05, 3.63) is 29.8 Å². The second-order valence-corrected chi connectivity index (χ2v) is 8.46. The highest BCUT2D eigenvalue weighted by molar-refractivity contribution is 8.00. The molecule has 136 valence electrons. The highest BCUT2D eigenvalue weighted by atomic mass is 32.2. The maximum atomic E-state index is 12.1. The molecule has 3 atom stereocenters. The number of hydrogen-bond donors (Lipinski definition) is 3. The van der Waals surface area contributed by atoms with Gasteiger partial charge in [-0.15, -0.1) is 0 Å². The molecule has 3 rings (SSSR count). The maximum absolute atomic E-state index is 12.1. The van der Waals surface area contributed by atoms with Gasteiger partial charge in [-0.05, 0) is 36.5 Å². The van der Waals surface area contributed by atoms with Crippen LogP contribution in [0, 0.1) is 0 Å². The molecule has 25 heavy (non-hydrogen) atoms. The zero-order chi connectivity index (χ0) is 17.8. The molecule has 1 aromatic rings. The molecule has 0 aliphatic carbocycles. The monoisotopic (exact) mass is 361 g/mol. The molecule has 5 nitrogen and oxygen atoms in total. The first kappa shape index (κ1) is 18.1. The molecule has 1 aromatic carbocycles. The molecule has 0 bridgehead atoms. The van der Waals surface area contributed by atoms with Crippen molar-refractivity contribution < 1.29 is 9.59 Å². The third-order valence-corrected chi connectivity index (χ3v) is 6.45. The lowest BCUT2D eigenvalue weighted by molar-refractivity contribution is -0.116. The summed E-state index contributed by atoms with van der Waals surface area (Å²) in [5, 5.41) is 9.40. The normalized spacial score (nSPS) is 24.8. The van der Waals surface area contributed by atoms with Gasteiger partial charge in [-0.2, -0.15) is 11.8 Å². The number of rotatable bonds is 7. The Morgan fingerprint density at radius 1 is 1.24 bits per heavy atom. The van der Waals surface area contributed by atoms with E-state index in [0.717, 1.165) is 30.7 Å². The summed E-state index contributed by atoms with van der Waals surface area (Å²) in [5.41, 5.74) is 2.14. The second kappa shape index (κ2) is 8.13. The molecule has 2 fully saturated rings. The van der Waals surface area contributed by atoms with E-state index in [1.165, 1.54) is 5.56 Å². The molecular formula is C19H27N3O2S. The Morgan fingerprint density at radius 3 is 2.72 bits per heavy atom. The van der Waals surface area contributed by atoms with Gasteiger partial charge in [0.2, 0.25) is 5.91 Å². The molecule has 2 aliphatic rings. The van der Waals surface area contributed by atoms with Crippen molar-refractivity contribution in [2.45, 2.75) is 62.8 Å². The highest BCUT2D eigenvalue weighted by Crippen LogP contribution is 2.33. The van der Waals surface area contributed by atoms with Gasteiger partial charge in [0.15, 0.2) is 0 Å². The van der Waals surface area contributed by atoms with Gasteiger partial charge in [0, 0.05) is 23.1 Å². The van der Waals surface area contributed by atoms with E-state index in [9.17, 15) is 9.59 Å². The number of nitrogens with one attached hydrogen (secondary N) is 3. The first-order valence-corrected chi connectivity index (χ1v) is 10.2. The van der Waals surface area contributed by atoms with Crippen LogP contribution >= 0.6 is 11.8 Å². The number of carbonyl (C=O) groups excluding carboxylic acids is 2. The molecule has 2 aliphatic heterocycles. The van der Waals surface area contributed by atoms with E-state index in [0.29, 0.717) is 17.6 Å². The van der Waals surface area contributed by atoms with Crippen molar-refractivity contribution in [2.75, 3.05) is 11.1 Å². The zero-order valence-electron chi connectivity index (χ0n) is 14.9. The fourth-order valence-corrected chi connectivity index (χ4v) is 4.99. The number of benzene rings is 1. The van der Waals surface area contributed by atoms with Crippen LogP contribution in [0.5, 0.6) is 0 Å². The number of amides is 3. The molecule has 0 aromatic heterocycles. The molecule has 2 saturated heterocycles. The quantitative estimate of drug-likeness (QED) is 0.514. The van der Waals surface area contributed by atoms with Crippen molar-refractivity contribution >= 4 is 29.4 Å². The van der Waals surface area contributed by atoms with Crippen LogP contribution in [0.25, 0.3) is 0 Å². The summed E-state index contributed by atoms with van der Waals surface area (Å²) in [4.78, 5) is 23.4. The molecule has 3 N–H and O–H groups in total. The largest absolute Gasteiger partial charge is 0.332 e. The smallest absolute Gasteiger partial charge is 0.315 e. The third-order valence-electron chi connectivity index (χ3n) is 4.94. The number of thioether (sulfide) groups is 1. The van der Waals surface area contributed by atoms with Crippen LogP contribution in [0.4, 0.5) is 10.5 Å². The first-order chi connectivity index (χ1) is 12.0. The summed E-state index contributed by atoms with van der Waals surface area (Å²) in [6.45, 7) is 4.32. The number of unbranched alkanes of at least 4 members (excludes halogenated alkanes) is 1. The van der Waals surface area contributed by atoms with Crippen LogP contribution in [0.2, 0.25) is 0 Å². The minimum Gasteiger partial charge on any atom is -0.332 e. The standard InChI is InChI=1S/C19H27N3O2S/c1-12(2)13-7-9-14(10-8-13)20-17(23)6-4-3-5-16-18-15(11-25-16)21-19(24)22-18/h7-10,12,15-16,18H,3-6,11H2,1-2H3,(H,20,23)(H2,21,22,24)/t15-,16-,18-/m0/s1. The molecule has 0 radical (unpaired) electrons. The fraction of sp³-hybridized carbons (Fsp3) is 0.579. The van der Waals surface area contributed by atoms with Gasteiger partial charge in [-0.3, -0.25) is 4.79 Å². The van der Waals surface area contributed by atoms with Crippen molar-refractivity contribution in [2.24, 2.45) is 0 Å². The van der Waals surface area contributed by atoms with Crippen LogP contribution in [-0.4, -0.2) is 35.0 Å². The predicted octanol–water partition coefficient (Wildman–Crippen LogP) is 3.47. The Kier molecular flexibility index (Phi) is 5.89. The van der Waals surface area contributed by atoms with E-state index in [1.807, 2.05) is 23.9 Å². The summed E-state index contributed by atoms with van der Waals surface area (Å²) in [5.74, 6) is 1.56. The average Bonchev–Trinajstić information content (AvgIpc) is 3.11. The van der Waals surface area contributed by atoms with E-state index < -0.39 is 0 Å². The Labute approximate surface area is 153 Å². The van der Waals surface area contributed by atoms with E-state index in [1.54, 1.807) is 0 Å². The number of urea groups is 1. The minimum atomic E-state index is -0.0387. The van der Waals surface area contributed by atoms with Crippen LogP contribution in [0.15, 0.2) is 24.3 Å². The van der Waals surface area contributed by atoms with Crippen LogP contribution in [-0.2, 0) is 4.79 Å². The van der Waals surface area contributed by atoms with Crippen LogP contribution in [0.1, 0.15) is 51.0 Å². The molecule has 6 heteroatoms. The van der Waals surface area contributed by atoms with Gasteiger partial charge in [0.1, 0.15) is 0 Å². The highest BCUT2D eigenvalue weighted by Gasteiger charge is 2.42. The third kappa shape index (κ3) is 4.69. The average molecular weight is 362 g/mol. The Hall–Kier alpha value is -1.69. The lowest BCUT2D eigenvalue weighted by atomic mass is 10.0. The Morgan fingerprint density at radius 2 is 2.00 bits per heavy atom. The van der Waals surface area contributed by atoms with Crippen molar-refractivity contribution in [3.8, 4) is 0 Å². The second-order valence-electron chi connectivity index (χ2n) is 7.19. The van der Waals surface area contributed by atoms with E-state index in [-0.39, 0.29) is 24.0 Å². The molecule has 3 amide bonds. The number of hydrogen-bond acceptors (Lipinski definition) is 3.